The first-order valence-electron chi connectivity index (χ1n) is 22.2. The Morgan fingerprint density at radius 1 is 0.333 bits per heavy atom. The summed E-state index contributed by atoms with van der Waals surface area (Å²) >= 11 is 0. The van der Waals surface area contributed by atoms with Crippen molar-refractivity contribution in [2.45, 2.75) is 27.7 Å². The van der Waals surface area contributed by atoms with Crippen LogP contribution < -0.4 is 39.2 Å². The van der Waals surface area contributed by atoms with E-state index in [2.05, 4.69) is 245 Å². The molecule has 6 aromatic carbocycles. The van der Waals surface area contributed by atoms with Crippen LogP contribution in [0.1, 0.15) is 22.3 Å². The molecule has 10 nitrogen and oxygen atoms in total. The summed E-state index contributed by atoms with van der Waals surface area (Å²) < 4.78 is 2.18. The van der Waals surface area contributed by atoms with Gasteiger partial charge in [-0.3, -0.25) is 4.98 Å². The molecule has 12 heteroatoms. The summed E-state index contributed by atoms with van der Waals surface area (Å²) in [4.78, 5) is 21.9. The summed E-state index contributed by atoms with van der Waals surface area (Å²) in [7, 11) is 0. The van der Waals surface area contributed by atoms with Crippen LogP contribution in [0.2, 0.25) is 0 Å². The van der Waals surface area contributed by atoms with Gasteiger partial charge in [-0.25, -0.2) is 0 Å². The maximum Gasteiger partial charge on any atom is 4.00 e. The molecular weight excluding hydrogens is 1210 g/mol. The fourth-order valence-electron chi connectivity index (χ4n) is 8.56. The number of anilines is 8. The monoisotopic (exact) mass is 1260 g/mol. The van der Waals surface area contributed by atoms with Crippen molar-refractivity contribution < 1.29 is 42.1 Å². The van der Waals surface area contributed by atoms with Crippen LogP contribution in [-0.4, -0.2) is 9.55 Å². The Hall–Kier alpha value is -6.99. The number of hydrogen-bond acceptors (Lipinski definition) is 9. The van der Waals surface area contributed by atoms with E-state index in [0.29, 0.717) is 17.3 Å². The molecule has 0 aliphatic carbocycles. The Morgan fingerprint density at radius 2 is 0.623 bits per heavy atom. The molecule has 8 aromatic rings. The Labute approximate surface area is 433 Å². The van der Waals surface area contributed by atoms with Gasteiger partial charge in [-0.05, 0) is 126 Å². The van der Waals surface area contributed by atoms with Crippen LogP contribution in [0.3, 0.4) is 0 Å². The van der Waals surface area contributed by atoms with Gasteiger partial charge in [-0.15, -0.1) is 50.2 Å². The number of nitrogens with zero attached hydrogens (tertiary/aromatic N) is 10. The molecule has 0 N–H and O–H groups in total. The van der Waals surface area contributed by atoms with Gasteiger partial charge in [0.2, 0.25) is 0 Å². The summed E-state index contributed by atoms with van der Waals surface area (Å²) in [6.07, 6.45) is 16.4. The molecule has 4 aliphatic rings. The third-order valence-corrected chi connectivity index (χ3v) is 12.4. The van der Waals surface area contributed by atoms with E-state index in [1.165, 1.54) is 22.3 Å². The topological polar surface area (TPSA) is 43.7 Å². The van der Waals surface area contributed by atoms with E-state index in [1.54, 1.807) is 0 Å². The predicted octanol–water partition coefficient (Wildman–Crippen LogP) is 12.3. The van der Waals surface area contributed by atoms with Crippen molar-refractivity contribution in [2.24, 2.45) is 0 Å². The van der Waals surface area contributed by atoms with Crippen molar-refractivity contribution in [1.29, 1.82) is 0 Å². The van der Waals surface area contributed by atoms with Gasteiger partial charge in [0.15, 0.2) is 0 Å². The second-order valence-electron chi connectivity index (χ2n) is 17.2. The Kier molecular flexibility index (Phi) is 12.5. The van der Waals surface area contributed by atoms with E-state index in [9.17, 15) is 0 Å². The summed E-state index contributed by atoms with van der Waals surface area (Å²) in [6, 6.07) is 57.8. The average Bonchev–Trinajstić information content (AvgIpc) is 4.22. The molecule has 2 aromatic heterocycles. The smallest absolute Gasteiger partial charge is 0.500 e. The minimum Gasteiger partial charge on any atom is -0.500 e. The molecule has 0 spiro atoms. The van der Waals surface area contributed by atoms with Gasteiger partial charge in [-0.1, -0.05) is 93.5 Å². The minimum atomic E-state index is 0. The van der Waals surface area contributed by atoms with E-state index < -0.39 is 0 Å². The van der Waals surface area contributed by atoms with Crippen molar-refractivity contribution in [3.63, 3.8) is 0 Å². The number of benzene rings is 6. The molecular formula is C57H44N10Pt2. The Bertz CT molecular complexity index is 3070. The zero-order valence-corrected chi connectivity index (χ0v) is 42.6. The average molecular weight is 1260 g/mol. The van der Waals surface area contributed by atoms with E-state index in [4.69, 9.17) is 4.98 Å². The fraction of sp³-hybridized carbons (Fsp3) is 0.0702. The van der Waals surface area contributed by atoms with Gasteiger partial charge >= 0.3 is 42.1 Å². The summed E-state index contributed by atoms with van der Waals surface area (Å²) in [5.74, 6) is 1.20. The summed E-state index contributed by atoms with van der Waals surface area (Å²) in [6.45, 7) is 16.6. The van der Waals surface area contributed by atoms with Crippen molar-refractivity contribution in [1.82, 2.24) is 9.55 Å². The molecule has 12 rings (SSSR count). The first-order chi connectivity index (χ1) is 32.8. The van der Waals surface area contributed by atoms with E-state index in [0.717, 1.165) is 55.9 Å². The van der Waals surface area contributed by atoms with E-state index >= 15 is 0 Å². The van der Waals surface area contributed by atoms with Crippen molar-refractivity contribution in [3.05, 3.63) is 244 Å². The second kappa shape index (κ2) is 18.8. The molecule has 6 heterocycles. The number of pyridine rings is 1. The predicted molar refractivity (Wildman–Crippen MR) is 272 cm³/mol. The molecule has 4 aliphatic heterocycles. The van der Waals surface area contributed by atoms with Gasteiger partial charge in [0.25, 0.3) is 0 Å². The van der Waals surface area contributed by atoms with E-state index in [1.807, 2.05) is 47.9 Å². The maximum absolute atomic E-state index is 5.23. The molecule has 0 atom stereocenters. The minimum absolute atomic E-state index is 0. The number of fused-ring (bicyclic) bond motifs is 3. The maximum atomic E-state index is 5.23. The number of hydrogen-bond donors (Lipinski definition) is 0. The largest absolute Gasteiger partial charge is 4.00 e. The van der Waals surface area contributed by atoms with Crippen LogP contribution >= 0.6 is 0 Å². The molecule has 0 bridgehead atoms. The molecule has 0 saturated heterocycles. The standard InChI is InChI=1S/C57H44N10.2Pt/c1-41-5-13-45(14-6-41)59-25-27-63(37-59)49-21-23-52-53-24-22-50(64-28-26-60(38-64)46-15-7-42(2)8-16-46)34-55(53)67(54(52)33-49)51-35-56(65-31-29-61(39-65)47-17-9-43(3)10-18-47)58-57(36-51)66-32-30-62(40-66)48-19-11-44(4)12-20-48;;/h5-32,37-40H,1-4H3;;/q-8;2*+4. The Balaban J connectivity index is 0.00000277. The number of rotatable bonds is 9. The second-order valence-corrected chi connectivity index (χ2v) is 17.2. The molecule has 342 valence electrons. The SMILES string of the molecule is Cc1ccc(N2C=CN(c3[c-]c4c(cc3)c3ccc(N5C=CN(c6ccc(C)cc6)[CH-]5)[c-]c3n4-c3[c-]c(N4C=CN(c5ccc(C)cc5)[CH-]4)nc(N4C=CN(c5ccc(C)cc5)[CH-]4)[c-]3)[CH-]2)cc1.[Pt+4].[Pt+4]. The zero-order valence-electron chi connectivity index (χ0n) is 38.1. The first kappa shape index (κ1) is 45.8. The van der Waals surface area contributed by atoms with Crippen LogP contribution in [0.25, 0.3) is 27.5 Å². The van der Waals surface area contributed by atoms with Gasteiger partial charge in [0.1, 0.15) is 0 Å². The van der Waals surface area contributed by atoms with Gasteiger partial charge < -0.3 is 61.6 Å². The van der Waals surface area contributed by atoms with Gasteiger partial charge in [-0.2, -0.15) is 35.0 Å². The molecule has 0 radical (unpaired) electrons. The van der Waals surface area contributed by atoms with Crippen LogP contribution in [-0.2, 0) is 42.1 Å². The van der Waals surface area contributed by atoms with Crippen molar-refractivity contribution in [3.8, 4) is 5.69 Å². The zero-order chi connectivity index (χ0) is 45.2. The van der Waals surface area contributed by atoms with Gasteiger partial charge in [0.05, 0.1) is 0 Å². The molecule has 0 unspecified atom stereocenters. The summed E-state index contributed by atoms with van der Waals surface area (Å²) in [5, 5.41) is 2.06. The third-order valence-electron chi connectivity index (χ3n) is 12.4. The summed E-state index contributed by atoms with van der Waals surface area (Å²) in [5.41, 5.74) is 13.3. The van der Waals surface area contributed by atoms with Crippen LogP contribution in [0, 0.1) is 78.6 Å². The van der Waals surface area contributed by atoms with Crippen LogP contribution in [0.15, 0.2) is 171 Å². The van der Waals surface area contributed by atoms with Crippen molar-refractivity contribution >= 4 is 67.6 Å². The van der Waals surface area contributed by atoms with Crippen molar-refractivity contribution in [2.75, 3.05) is 39.2 Å². The molecule has 0 fully saturated rings. The fourth-order valence-corrected chi connectivity index (χ4v) is 8.56. The quantitative estimate of drug-likeness (QED) is 0.132. The first-order valence-corrected chi connectivity index (χ1v) is 22.2. The van der Waals surface area contributed by atoms with Crippen LogP contribution in [0.4, 0.5) is 45.8 Å². The molecule has 0 amide bonds. The van der Waals surface area contributed by atoms with Crippen LogP contribution in [0.5, 0.6) is 0 Å². The third kappa shape index (κ3) is 8.84. The number of aromatic nitrogens is 2. The number of aryl methyl sites for hydroxylation is 4. The molecule has 0 saturated carbocycles. The van der Waals surface area contributed by atoms with Gasteiger partial charge in [0, 0.05) is 22.7 Å². The normalized spacial score (nSPS) is 15.2. The molecule has 69 heavy (non-hydrogen) atoms. The Morgan fingerprint density at radius 3 is 0.957 bits per heavy atom. The van der Waals surface area contributed by atoms with E-state index in [-0.39, 0.29) is 42.1 Å².